The molecule has 6 nitrogen and oxygen atoms in total. The maximum atomic E-state index is 14.5. The number of carbonyl (C=O) groups is 1. The quantitative estimate of drug-likeness (QED) is 0.397. The normalized spacial score (nSPS) is 27.0. The van der Waals surface area contributed by atoms with Gasteiger partial charge in [0, 0.05) is 26.2 Å². The van der Waals surface area contributed by atoms with E-state index < -0.39 is 21.8 Å². The number of amides is 1. The van der Waals surface area contributed by atoms with Crippen LogP contribution in [0.5, 0.6) is 0 Å². The second-order valence-electron chi connectivity index (χ2n) is 10.7. The van der Waals surface area contributed by atoms with Crippen LogP contribution < -0.4 is 0 Å². The van der Waals surface area contributed by atoms with Gasteiger partial charge in [-0.3, -0.25) is 4.79 Å². The summed E-state index contributed by atoms with van der Waals surface area (Å²) >= 11 is 1.61. The lowest BCUT2D eigenvalue weighted by Gasteiger charge is -2.38. The fraction of sp³-hybridized carbons (Fsp3) is 0.500. The predicted octanol–water partition coefficient (Wildman–Crippen LogP) is 5.80. The average Bonchev–Trinajstić information content (AvgIpc) is 3.26. The van der Waals surface area contributed by atoms with Crippen LogP contribution >= 0.6 is 11.3 Å². The molecule has 3 aromatic rings. The van der Waals surface area contributed by atoms with Crippen molar-refractivity contribution in [3.8, 4) is 0 Å². The highest BCUT2D eigenvalue weighted by molar-refractivity contribution is 7.91. The van der Waals surface area contributed by atoms with Gasteiger partial charge in [0.15, 0.2) is 0 Å². The van der Waals surface area contributed by atoms with E-state index >= 15 is 0 Å². The molecule has 0 radical (unpaired) electrons. The zero-order chi connectivity index (χ0) is 25.7. The van der Waals surface area contributed by atoms with E-state index in [-0.39, 0.29) is 11.9 Å². The highest BCUT2D eigenvalue weighted by Gasteiger charge is 2.47. The van der Waals surface area contributed by atoms with E-state index in [0.29, 0.717) is 30.0 Å². The van der Waals surface area contributed by atoms with Crippen molar-refractivity contribution in [3.05, 3.63) is 58.9 Å². The van der Waals surface area contributed by atoms with E-state index in [1.165, 1.54) is 26.0 Å². The van der Waals surface area contributed by atoms with Crippen molar-refractivity contribution < 1.29 is 13.4 Å². The zero-order valence-corrected chi connectivity index (χ0v) is 22.9. The fourth-order valence-electron chi connectivity index (χ4n) is 6.25. The lowest BCUT2D eigenvalue weighted by Crippen LogP contribution is -2.51. The van der Waals surface area contributed by atoms with Gasteiger partial charge in [0.05, 0.1) is 20.6 Å². The molecule has 2 aromatic carbocycles. The van der Waals surface area contributed by atoms with Gasteiger partial charge in [-0.05, 0) is 92.7 Å². The first-order chi connectivity index (χ1) is 17.9. The fourth-order valence-corrected chi connectivity index (χ4v) is 9.02. The molecule has 2 heterocycles. The summed E-state index contributed by atoms with van der Waals surface area (Å²) in [7, 11) is -1.61. The minimum absolute atomic E-state index is 0.0175. The molecule has 2 saturated carbocycles. The van der Waals surface area contributed by atoms with Crippen molar-refractivity contribution in [2.75, 3.05) is 13.6 Å². The van der Waals surface area contributed by atoms with Crippen molar-refractivity contribution in [3.63, 3.8) is 0 Å². The minimum atomic E-state index is -3.12. The predicted molar refractivity (Wildman–Crippen MR) is 145 cm³/mol. The SMILES string of the molecule is CN=[S@](=O)(c1ccc(C)c(F)c1)N1CCC[C@H]1C(=O)N(Cc1ccc2scnc2c1)[C@H]1CC[C@H]2C[C@H]2C1. The van der Waals surface area contributed by atoms with Gasteiger partial charge in [-0.2, -0.15) is 0 Å². The summed E-state index contributed by atoms with van der Waals surface area (Å²) in [5, 5.41) is 0. The van der Waals surface area contributed by atoms with Gasteiger partial charge in [0.1, 0.15) is 21.8 Å². The number of benzene rings is 2. The van der Waals surface area contributed by atoms with Gasteiger partial charge in [-0.1, -0.05) is 12.1 Å². The van der Waals surface area contributed by atoms with Crippen LogP contribution in [0, 0.1) is 24.6 Å². The molecule has 196 valence electrons. The van der Waals surface area contributed by atoms with E-state index in [4.69, 9.17) is 0 Å². The maximum Gasteiger partial charge on any atom is 0.241 e. The van der Waals surface area contributed by atoms with Crippen molar-refractivity contribution in [2.45, 2.75) is 69.0 Å². The van der Waals surface area contributed by atoms with Gasteiger partial charge >= 0.3 is 0 Å². The molecule has 0 spiro atoms. The molecule has 3 fully saturated rings. The van der Waals surface area contributed by atoms with Gasteiger partial charge in [0.25, 0.3) is 0 Å². The Morgan fingerprint density at radius 1 is 1.19 bits per heavy atom. The molecule has 2 aliphatic carbocycles. The van der Waals surface area contributed by atoms with Crippen LogP contribution in [0.2, 0.25) is 0 Å². The Morgan fingerprint density at radius 3 is 2.84 bits per heavy atom. The molecular formula is C28H33FN4O2S2. The molecule has 5 atom stereocenters. The second-order valence-corrected chi connectivity index (χ2v) is 13.9. The minimum Gasteiger partial charge on any atom is -0.334 e. The lowest BCUT2D eigenvalue weighted by atomic mass is 9.93. The van der Waals surface area contributed by atoms with Gasteiger partial charge in [-0.25, -0.2) is 22.3 Å². The van der Waals surface area contributed by atoms with Crippen LogP contribution in [-0.4, -0.2) is 50.0 Å². The first kappa shape index (κ1) is 24.9. The number of rotatable bonds is 6. The molecule has 1 aliphatic heterocycles. The molecule has 37 heavy (non-hydrogen) atoms. The Morgan fingerprint density at radius 2 is 2.05 bits per heavy atom. The zero-order valence-electron chi connectivity index (χ0n) is 21.3. The van der Waals surface area contributed by atoms with Crippen LogP contribution in [0.25, 0.3) is 10.2 Å². The number of hydrogen-bond acceptors (Lipinski definition) is 5. The third-order valence-electron chi connectivity index (χ3n) is 8.49. The molecule has 1 aromatic heterocycles. The summed E-state index contributed by atoms with van der Waals surface area (Å²) in [5.74, 6) is 1.16. The highest BCUT2D eigenvalue weighted by atomic mass is 32.2. The molecule has 0 bridgehead atoms. The molecule has 9 heteroatoms. The van der Waals surface area contributed by atoms with E-state index in [2.05, 4.69) is 32.4 Å². The monoisotopic (exact) mass is 540 g/mol. The standard InChI is InChI=1S/C28H33FN4O2S2/c1-18-5-9-23(15-24(18)29)37(35,30-2)33-11-3-4-26(33)28(34)32(22-8-7-20-13-21(20)14-22)16-19-6-10-27-25(12-19)31-17-36-27/h5-6,9-10,12,15,17,20-22,26H,3-4,7-8,11,13-14,16H2,1-2H3/t20-,21-,22-,26-,37+/m0/s1. The van der Waals surface area contributed by atoms with E-state index in [9.17, 15) is 13.4 Å². The first-order valence-corrected chi connectivity index (χ1v) is 15.5. The van der Waals surface area contributed by atoms with Crippen molar-refractivity contribution in [1.29, 1.82) is 0 Å². The highest BCUT2D eigenvalue weighted by Crippen LogP contribution is 2.50. The molecule has 3 aliphatic rings. The second kappa shape index (κ2) is 9.75. The summed E-state index contributed by atoms with van der Waals surface area (Å²) in [4.78, 5) is 21.2. The van der Waals surface area contributed by atoms with Crippen molar-refractivity contribution in [1.82, 2.24) is 14.2 Å². The Bertz CT molecular complexity index is 1460. The van der Waals surface area contributed by atoms with E-state index in [0.717, 1.165) is 46.9 Å². The average molecular weight is 541 g/mol. The summed E-state index contributed by atoms with van der Waals surface area (Å²) in [6.07, 6.45) is 5.88. The number of fused-ring (bicyclic) bond motifs is 2. The molecule has 1 amide bonds. The van der Waals surface area contributed by atoms with Gasteiger partial charge in [-0.15, -0.1) is 11.3 Å². The summed E-state index contributed by atoms with van der Waals surface area (Å²) in [6, 6.07) is 10.5. The van der Waals surface area contributed by atoms with E-state index in [1.54, 1.807) is 34.7 Å². The molecular weight excluding hydrogens is 507 g/mol. The number of thiazole rings is 1. The van der Waals surface area contributed by atoms with Gasteiger partial charge in [0.2, 0.25) is 5.91 Å². The third-order valence-corrected chi connectivity index (χ3v) is 11.7. The van der Waals surface area contributed by atoms with Crippen LogP contribution in [0.3, 0.4) is 0 Å². The molecule has 6 rings (SSSR count). The topological polar surface area (TPSA) is 65.9 Å². The van der Waals surface area contributed by atoms with Crippen molar-refractivity contribution in [2.24, 2.45) is 16.2 Å². The molecule has 0 N–H and O–H groups in total. The lowest BCUT2D eigenvalue weighted by molar-refractivity contribution is -0.138. The smallest absolute Gasteiger partial charge is 0.241 e. The maximum absolute atomic E-state index is 14.5. The number of hydrogen-bond donors (Lipinski definition) is 0. The Balaban J connectivity index is 1.33. The summed E-state index contributed by atoms with van der Waals surface area (Å²) in [6.45, 7) is 2.69. The molecule has 1 saturated heterocycles. The first-order valence-electron chi connectivity index (χ1n) is 13.2. The molecule has 0 unspecified atom stereocenters. The van der Waals surface area contributed by atoms with Gasteiger partial charge < -0.3 is 4.90 Å². The Kier molecular flexibility index (Phi) is 6.57. The Labute approximate surface area is 222 Å². The third kappa shape index (κ3) is 4.59. The number of nitrogens with zero attached hydrogens (tertiary/aromatic N) is 4. The number of halogens is 1. The Hall–Kier alpha value is -2.36. The van der Waals surface area contributed by atoms with Crippen LogP contribution in [0.15, 0.2) is 51.2 Å². The van der Waals surface area contributed by atoms with Crippen LogP contribution in [-0.2, 0) is 21.3 Å². The summed E-state index contributed by atoms with van der Waals surface area (Å²) < 4.78 is 35.9. The largest absolute Gasteiger partial charge is 0.334 e. The van der Waals surface area contributed by atoms with E-state index in [1.807, 2.05) is 5.51 Å². The summed E-state index contributed by atoms with van der Waals surface area (Å²) in [5.41, 5.74) is 4.36. The number of carbonyl (C=O) groups excluding carboxylic acids is 1. The number of aryl methyl sites for hydroxylation is 1. The number of aromatic nitrogens is 1. The van der Waals surface area contributed by atoms with Crippen LogP contribution in [0.4, 0.5) is 4.39 Å². The van der Waals surface area contributed by atoms with Crippen LogP contribution in [0.1, 0.15) is 49.7 Å². The van der Waals surface area contributed by atoms with Crippen molar-refractivity contribution >= 4 is 37.4 Å².